The van der Waals surface area contributed by atoms with E-state index >= 15 is 4.39 Å². The van der Waals surface area contributed by atoms with Crippen molar-refractivity contribution < 1.29 is 18.7 Å². The van der Waals surface area contributed by atoms with E-state index in [1.165, 1.54) is 39.7 Å². The minimum absolute atomic E-state index is 0.0804. The molecule has 0 spiro atoms. The third kappa shape index (κ3) is 7.38. The summed E-state index contributed by atoms with van der Waals surface area (Å²) in [5, 5.41) is 13.8. The van der Waals surface area contributed by atoms with Gasteiger partial charge in [-0.15, -0.1) is 6.58 Å². The van der Waals surface area contributed by atoms with Crippen LogP contribution in [0.15, 0.2) is 112 Å². The summed E-state index contributed by atoms with van der Waals surface area (Å²) < 4.78 is 33.8. The molecule has 15 nitrogen and oxygen atoms in total. The predicted octanol–water partition coefficient (Wildman–Crippen LogP) is 4.43. The van der Waals surface area contributed by atoms with Crippen LogP contribution in [0.1, 0.15) is 35.5 Å². The number of nitrogens with one attached hydrogen (secondary N) is 2. The van der Waals surface area contributed by atoms with Crippen LogP contribution >= 0.6 is 0 Å². The summed E-state index contributed by atoms with van der Waals surface area (Å²) in [6, 6.07) is 20.7. The molecule has 0 bridgehead atoms. The van der Waals surface area contributed by atoms with Crippen molar-refractivity contribution in [3.8, 4) is 5.82 Å². The van der Waals surface area contributed by atoms with E-state index in [9.17, 15) is 28.7 Å². The van der Waals surface area contributed by atoms with Gasteiger partial charge in [0, 0.05) is 43.8 Å². The Morgan fingerprint density at radius 3 is 2.42 bits per heavy atom. The number of anilines is 3. The van der Waals surface area contributed by atoms with Crippen molar-refractivity contribution in [2.75, 3.05) is 36.4 Å². The number of H-pyrrole nitrogens is 1. The topological polar surface area (TPSA) is 176 Å². The number of rotatable bonds is 10. The SMILES string of the molecule is C=CCn1c(=O)c2cnc(Nc3ccc(N4CCN(C(=O)c5cc(Cn6c(=O)[nH]c(=O)c7c(F)cccc76)ccc5F)CC4)cc3)nc2n1-c1cccc(C(C)(C)O)n1. The minimum atomic E-state index is -1.21. The van der Waals surface area contributed by atoms with Crippen molar-refractivity contribution in [3.05, 3.63) is 157 Å². The number of aliphatic hydroxyl groups is 1. The molecule has 17 heteroatoms. The maximum atomic E-state index is 15.1. The van der Waals surface area contributed by atoms with E-state index < -0.39 is 34.4 Å². The number of aromatic nitrogens is 7. The van der Waals surface area contributed by atoms with Crippen molar-refractivity contribution in [2.45, 2.75) is 32.5 Å². The number of carbonyl (C=O) groups is 1. The number of carbonyl (C=O) groups excluding carboxylic acids is 1. The van der Waals surface area contributed by atoms with Crippen LogP contribution in [0.25, 0.3) is 27.8 Å². The number of hydrogen-bond donors (Lipinski definition) is 3. The Bertz CT molecular complexity index is 2960. The standard InChI is InChI=1S/C42H38F2N10O5/c1-4-17-53-39(57)29-23-45-40(48-36(29)54(53)34-10-6-9-33(47-34)42(2,3)59)46-26-12-14-27(15-13-26)50-18-20-51(21-19-50)38(56)28-22-25(11-16-30(28)43)24-52-32-8-5-7-31(44)35(32)37(55)49-41(52)58/h4-16,22-23,59H,1,17-21,24H2,2-3H3,(H,45,46,48)(H,49,55,58). The first kappa shape index (κ1) is 38.6. The van der Waals surface area contributed by atoms with Gasteiger partial charge in [-0.05, 0) is 80.1 Å². The Kier molecular flexibility index (Phi) is 9.97. The van der Waals surface area contributed by atoms with Gasteiger partial charge in [0.15, 0.2) is 11.5 Å². The molecule has 3 aromatic carbocycles. The van der Waals surface area contributed by atoms with Gasteiger partial charge in [0.2, 0.25) is 5.95 Å². The van der Waals surface area contributed by atoms with Gasteiger partial charge in [-0.25, -0.2) is 32.9 Å². The fourth-order valence-corrected chi connectivity index (χ4v) is 7.19. The molecular formula is C42H38F2N10O5. The van der Waals surface area contributed by atoms with E-state index in [-0.39, 0.29) is 46.4 Å². The zero-order valence-electron chi connectivity index (χ0n) is 32.0. The first-order valence-electron chi connectivity index (χ1n) is 18.7. The molecule has 1 fully saturated rings. The zero-order valence-corrected chi connectivity index (χ0v) is 32.0. The number of halogens is 2. The third-order valence-electron chi connectivity index (χ3n) is 10.2. The summed E-state index contributed by atoms with van der Waals surface area (Å²) in [5.74, 6) is -1.37. The lowest BCUT2D eigenvalue weighted by Crippen LogP contribution is -2.49. The monoisotopic (exact) mass is 800 g/mol. The number of allylic oxidation sites excluding steroid dienone is 1. The van der Waals surface area contributed by atoms with Gasteiger partial charge < -0.3 is 20.2 Å². The van der Waals surface area contributed by atoms with Crippen LogP contribution in [0.3, 0.4) is 0 Å². The zero-order chi connectivity index (χ0) is 41.6. The number of nitrogens with zero attached hydrogens (tertiary/aromatic N) is 8. The van der Waals surface area contributed by atoms with E-state index in [2.05, 4.69) is 36.7 Å². The van der Waals surface area contributed by atoms with Gasteiger partial charge in [-0.1, -0.05) is 24.3 Å². The molecule has 4 aromatic heterocycles. The van der Waals surface area contributed by atoms with E-state index in [4.69, 9.17) is 0 Å². The molecule has 5 heterocycles. The average Bonchev–Trinajstić information content (AvgIpc) is 3.49. The molecule has 300 valence electrons. The third-order valence-corrected chi connectivity index (χ3v) is 10.2. The highest BCUT2D eigenvalue weighted by atomic mass is 19.1. The highest BCUT2D eigenvalue weighted by Crippen LogP contribution is 2.25. The molecule has 8 rings (SSSR count). The van der Waals surface area contributed by atoms with Gasteiger partial charge in [-0.2, -0.15) is 4.98 Å². The van der Waals surface area contributed by atoms with Crippen LogP contribution < -0.4 is 27.0 Å². The van der Waals surface area contributed by atoms with Gasteiger partial charge >= 0.3 is 5.69 Å². The normalized spacial score (nSPS) is 13.3. The Balaban J connectivity index is 0.955. The molecule has 0 aliphatic carbocycles. The van der Waals surface area contributed by atoms with Crippen LogP contribution in [0.4, 0.5) is 26.1 Å². The Hall–Kier alpha value is -7.27. The minimum Gasteiger partial charge on any atom is -0.384 e. The Morgan fingerprint density at radius 1 is 0.949 bits per heavy atom. The molecule has 1 aliphatic rings. The molecule has 0 unspecified atom stereocenters. The van der Waals surface area contributed by atoms with Gasteiger partial charge in [-0.3, -0.25) is 23.9 Å². The van der Waals surface area contributed by atoms with E-state index in [1.54, 1.807) is 47.7 Å². The summed E-state index contributed by atoms with van der Waals surface area (Å²) >= 11 is 0. The van der Waals surface area contributed by atoms with Crippen LogP contribution in [0, 0.1) is 11.6 Å². The van der Waals surface area contributed by atoms with E-state index in [0.717, 1.165) is 17.8 Å². The lowest BCUT2D eigenvalue weighted by Gasteiger charge is -2.36. The summed E-state index contributed by atoms with van der Waals surface area (Å²) in [6.45, 7) is 8.70. The first-order valence-corrected chi connectivity index (χ1v) is 18.7. The summed E-state index contributed by atoms with van der Waals surface area (Å²) in [6.07, 6.45) is 3.05. The van der Waals surface area contributed by atoms with Crippen molar-refractivity contribution >= 4 is 45.2 Å². The van der Waals surface area contributed by atoms with Crippen molar-refractivity contribution in [2.24, 2.45) is 0 Å². The maximum Gasteiger partial charge on any atom is 0.329 e. The molecule has 0 radical (unpaired) electrons. The van der Waals surface area contributed by atoms with Crippen molar-refractivity contribution in [3.63, 3.8) is 0 Å². The molecule has 7 aromatic rings. The van der Waals surface area contributed by atoms with Gasteiger partial charge in [0.05, 0.1) is 35.2 Å². The van der Waals surface area contributed by atoms with Gasteiger partial charge in [0.25, 0.3) is 17.0 Å². The molecular weight excluding hydrogens is 763 g/mol. The van der Waals surface area contributed by atoms with Crippen molar-refractivity contribution in [1.29, 1.82) is 0 Å². The van der Waals surface area contributed by atoms with Crippen LogP contribution in [-0.4, -0.2) is 76.0 Å². The van der Waals surface area contributed by atoms with E-state index in [0.29, 0.717) is 54.6 Å². The number of amides is 1. The number of benzene rings is 3. The maximum absolute atomic E-state index is 15.1. The summed E-state index contributed by atoms with van der Waals surface area (Å²) in [4.78, 5) is 71.5. The number of aromatic amines is 1. The molecule has 1 aliphatic heterocycles. The molecule has 1 amide bonds. The molecule has 59 heavy (non-hydrogen) atoms. The second kappa shape index (κ2) is 15.2. The molecule has 0 saturated carbocycles. The smallest absolute Gasteiger partial charge is 0.329 e. The Labute approximate surface area is 334 Å². The quantitative estimate of drug-likeness (QED) is 0.168. The predicted molar refractivity (Wildman–Crippen MR) is 218 cm³/mol. The average molecular weight is 801 g/mol. The second-order valence-electron chi connectivity index (χ2n) is 14.6. The number of hydrogen-bond acceptors (Lipinski definition) is 10. The number of pyridine rings is 1. The van der Waals surface area contributed by atoms with Crippen LogP contribution in [0.5, 0.6) is 0 Å². The highest BCUT2D eigenvalue weighted by Gasteiger charge is 2.26. The highest BCUT2D eigenvalue weighted by molar-refractivity contribution is 5.95. The summed E-state index contributed by atoms with van der Waals surface area (Å²) in [7, 11) is 0. The lowest BCUT2D eigenvalue weighted by molar-refractivity contribution is 0.0733. The van der Waals surface area contributed by atoms with Gasteiger partial charge in [0.1, 0.15) is 22.6 Å². The largest absolute Gasteiger partial charge is 0.384 e. The molecule has 0 atom stereocenters. The van der Waals surface area contributed by atoms with Crippen LogP contribution in [0.2, 0.25) is 0 Å². The van der Waals surface area contributed by atoms with Crippen molar-refractivity contribution in [1.82, 2.24) is 38.8 Å². The first-order chi connectivity index (χ1) is 28.3. The fraction of sp³-hybridized carbons (Fsp3) is 0.214. The lowest BCUT2D eigenvalue weighted by atomic mass is 10.1. The Morgan fingerprint density at radius 2 is 1.69 bits per heavy atom. The molecule has 1 saturated heterocycles. The second-order valence-corrected chi connectivity index (χ2v) is 14.6. The number of fused-ring (bicyclic) bond motifs is 2. The van der Waals surface area contributed by atoms with Crippen LogP contribution in [-0.2, 0) is 18.7 Å². The van der Waals surface area contributed by atoms with E-state index in [1.807, 2.05) is 24.3 Å². The molecule has 3 N–H and O–H groups in total. The fourth-order valence-electron chi connectivity index (χ4n) is 7.19. The number of piperazine rings is 1. The summed E-state index contributed by atoms with van der Waals surface area (Å²) in [5.41, 5.74) is -0.480.